The molecular weight excluding hydrogens is 104 g/mol. The van der Waals surface area contributed by atoms with E-state index >= 15 is 0 Å². The molecule has 1 saturated heterocycles. The quantitative estimate of drug-likeness (QED) is 0.453. The first-order valence-electron chi connectivity index (χ1n) is 2.64. The van der Waals surface area contributed by atoms with Gasteiger partial charge < -0.3 is 11.1 Å². The van der Waals surface area contributed by atoms with Crippen molar-refractivity contribution in [1.82, 2.24) is 5.32 Å². The number of hydrogen-bond donors (Lipinski definition) is 2. The summed E-state index contributed by atoms with van der Waals surface area (Å²) in [5.41, 5.74) is 4.99. The molecule has 1 amide bonds. The monoisotopic (exact) mass is 113 g/mol. The second-order valence-corrected chi connectivity index (χ2v) is 1.90. The summed E-state index contributed by atoms with van der Waals surface area (Å²) >= 11 is 0. The average Bonchev–Trinajstić information content (AvgIpc) is 2.12. The molecule has 1 atom stereocenters. The molecule has 0 aliphatic carbocycles. The summed E-state index contributed by atoms with van der Waals surface area (Å²) in [5, 5.41) is 3.00. The van der Waals surface area contributed by atoms with Gasteiger partial charge in [0.1, 0.15) is 0 Å². The Hall–Kier alpha value is -0.570. The Morgan fingerprint density at radius 1 is 1.88 bits per heavy atom. The molecule has 1 radical (unpaired) electrons. The van der Waals surface area contributed by atoms with Crippen LogP contribution >= 0.6 is 0 Å². The number of nitrogens with two attached hydrogens (primary N) is 1. The van der Waals surface area contributed by atoms with Crippen LogP contribution < -0.4 is 11.1 Å². The Bertz CT molecular complexity index is 96.6. The van der Waals surface area contributed by atoms with E-state index in [9.17, 15) is 4.79 Å². The number of primary amides is 1. The Morgan fingerprint density at radius 2 is 2.62 bits per heavy atom. The molecular formula is C5H9N2O. The maximum Gasteiger partial charge on any atom is 0.222 e. The Labute approximate surface area is 48.2 Å². The average molecular weight is 113 g/mol. The molecule has 3 heteroatoms. The van der Waals surface area contributed by atoms with Crippen LogP contribution in [0.2, 0.25) is 0 Å². The van der Waals surface area contributed by atoms with Gasteiger partial charge in [0, 0.05) is 6.54 Å². The normalized spacial score (nSPS) is 28.2. The standard InChI is InChI=1S/C5H9N2O/c6-5(8)4-1-2-7-3-4/h1,4,7H,2-3H2,(H2,6,8). The van der Waals surface area contributed by atoms with Crippen LogP contribution in [0.3, 0.4) is 0 Å². The molecule has 0 aromatic carbocycles. The van der Waals surface area contributed by atoms with E-state index in [1.165, 1.54) is 0 Å². The molecule has 3 nitrogen and oxygen atoms in total. The number of carbonyl (C=O) groups excluding carboxylic acids is 1. The number of carbonyl (C=O) groups is 1. The zero-order chi connectivity index (χ0) is 5.98. The summed E-state index contributed by atoms with van der Waals surface area (Å²) in [4.78, 5) is 10.4. The molecule has 1 unspecified atom stereocenters. The highest BCUT2D eigenvalue weighted by Gasteiger charge is 2.19. The van der Waals surface area contributed by atoms with Crippen molar-refractivity contribution in [2.24, 2.45) is 11.7 Å². The fourth-order valence-corrected chi connectivity index (χ4v) is 0.765. The van der Waals surface area contributed by atoms with E-state index in [2.05, 4.69) is 5.32 Å². The van der Waals surface area contributed by atoms with Gasteiger partial charge in [-0.1, -0.05) is 0 Å². The van der Waals surface area contributed by atoms with Crippen molar-refractivity contribution in [2.75, 3.05) is 13.1 Å². The van der Waals surface area contributed by atoms with E-state index in [-0.39, 0.29) is 11.8 Å². The van der Waals surface area contributed by atoms with Crippen molar-refractivity contribution >= 4 is 5.91 Å². The molecule has 1 heterocycles. The van der Waals surface area contributed by atoms with Gasteiger partial charge in [0.15, 0.2) is 0 Å². The van der Waals surface area contributed by atoms with Crippen LogP contribution in [-0.2, 0) is 4.79 Å². The van der Waals surface area contributed by atoms with Crippen LogP contribution in [0.1, 0.15) is 0 Å². The zero-order valence-corrected chi connectivity index (χ0v) is 4.55. The minimum absolute atomic E-state index is 0.0324. The molecule has 0 spiro atoms. The Kier molecular flexibility index (Phi) is 1.48. The van der Waals surface area contributed by atoms with Crippen molar-refractivity contribution < 1.29 is 4.79 Å². The lowest BCUT2D eigenvalue weighted by Crippen LogP contribution is -2.24. The lowest BCUT2D eigenvalue weighted by atomic mass is 10.1. The van der Waals surface area contributed by atoms with E-state index in [4.69, 9.17) is 5.73 Å². The molecule has 0 bridgehead atoms. The van der Waals surface area contributed by atoms with Gasteiger partial charge in [0.25, 0.3) is 0 Å². The van der Waals surface area contributed by atoms with Crippen molar-refractivity contribution in [3.8, 4) is 0 Å². The molecule has 0 saturated carbocycles. The second-order valence-electron chi connectivity index (χ2n) is 1.90. The summed E-state index contributed by atoms with van der Waals surface area (Å²) in [5.74, 6) is -0.259. The maximum absolute atomic E-state index is 10.4. The predicted molar refractivity (Wildman–Crippen MR) is 29.9 cm³/mol. The summed E-state index contributed by atoms with van der Waals surface area (Å²) < 4.78 is 0. The second kappa shape index (κ2) is 2.13. The van der Waals surface area contributed by atoms with Crippen LogP contribution in [0.5, 0.6) is 0 Å². The van der Waals surface area contributed by atoms with E-state index in [1.807, 2.05) is 6.42 Å². The smallest absolute Gasteiger partial charge is 0.222 e. The molecule has 1 fully saturated rings. The topological polar surface area (TPSA) is 55.1 Å². The summed E-state index contributed by atoms with van der Waals surface area (Å²) in [6.07, 6.45) is 1.89. The fraction of sp³-hybridized carbons (Fsp3) is 0.600. The molecule has 3 N–H and O–H groups in total. The van der Waals surface area contributed by atoms with Crippen molar-refractivity contribution in [3.05, 3.63) is 6.42 Å². The summed E-state index contributed by atoms with van der Waals surface area (Å²) in [6, 6.07) is 0. The van der Waals surface area contributed by atoms with Crippen LogP contribution in [0.15, 0.2) is 0 Å². The van der Waals surface area contributed by atoms with Gasteiger partial charge in [0.05, 0.1) is 5.92 Å². The minimum Gasteiger partial charge on any atom is -0.369 e. The van der Waals surface area contributed by atoms with Gasteiger partial charge in [-0.2, -0.15) is 0 Å². The fourth-order valence-electron chi connectivity index (χ4n) is 0.765. The van der Waals surface area contributed by atoms with Crippen molar-refractivity contribution in [2.45, 2.75) is 0 Å². The molecule has 1 aliphatic heterocycles. The minimum atomic E-state index is -0.227. The highest BCUT2D eigenvalue weighted by molar-refractivity contribution is 5.78. The Balaban J connectivity index is 2.35. The number of amides is 1. The highest BCUT2D eigenvalue weighted by Crippen LogP contribution is 2.03. The summed E-state index contributed by atoms with van der Waals surface area (Å²) in [6.45, 7) is 1.53. The third kappa shape index (κ3) is 0.980. The van der Waals surface area contributed by atoms with E-state index < -0.39 is 0 Å². The first kappa shape index (κ1) is 5.56. The molecule has 45 valence electrons. The van der Waals surface area contributed by atoms with E-state index in [1.54, 1.807) is 0 Å². The van der Waals surface area contributed by atoms with Crippen LogP contribution in [0, 0.1) is 12.3 Å². The number of hydrogen-bond acceptors (Lipinski definition) is 2. The zero-order valence-electron chi connectivity index (χ0n) is 4.55. The van der Waals surface area contributed by atoms with Gasteiger partial charge in [-0.05, 0) is 13.0 Å². The summed E-state index contributed by atoms with van der Waals surface area (Å²) in [7, 11) is 0. The first-order chi connectivity index (χ1) is 3.80. The van der Waals surface area contributed by atoms with E-state index in [0.29, 0.717) is 0 Å². The third-order valence-corrected chi connectivity index (χ3v) is 1.28. The van der Waals surface area contributed by atoms with Crippen LogP contribution in [-0.4, -0.2) is 19.0 Å². The highest BCUT2D eigenvalue weighted by atomic mass is 16.1. The van der Waals surface area contributed by atoms with Crippen LogP contribution in [0.4, 0.5) is 0 Å². The maximum atomic E-state index is 10.4. The van der Waals surface area contributed by atoms with Gasteiger partial charge >= 0.3 is 0 Å². The number of nitrogens with one attached hydrogen (secondary N) is 1. The lowest BCUT2D eigenvalue weighted by molar-refractivity contribution is -0.120. The molecule has 1 rings (SSSR count). The molecule has 0 aromatic heterocycles. The van der Waals surface area contributed by atoms with Gasteiger partial charge in [-0.3, -0.25) is 4.79 Å². The number of rotatable bonds is 1. The van der Waals surface area contributed by atoms with Crippen LogP contribution in [0.25, 0.3) is 0 Å². The SMILES string of the molecule is NC(=O)C1[CH]CNC1. The van der Waals surface area contributed by atoms with Crippen molar-refractivity contribution in [3.63, 3.8) is 0 Å². The van der Waals surface area contributed by atoms with E-state index in [0.717, 1.165) is 13.1 Å². The van der Waals surface area contributed by atoms with Gasteiger partial charge in [-0.15, -0.1) is 0 Å². The lowest BCUT2D eigenvalue weighted by Gasteiger charge is -1.97. The molecule has 8 heavy (non-hydrogen) atoms. The Morgan fingerprint density at radius 3 is 2.88 bits per heavy atom. The van der Waals surface area contributed by atoms with Gasteiger partial charge in [-0.25, -0.2) is 0 Å². The van der Waals surface area contributed by atoms with Crippen molar-refractivity contribution in [1.29, 1.82) is 0 Å². The predicted octanol–water partition coefficient (Wildman–Crippen LogP) is -1.10. The molecule has 0 aromatic rings. The first-order valence-corrected chi connectivity index (χ1v) is 2.64. The molecule has 1 aliphatic rings. The largest absolute Gasteiger partial charge is 0.369 e. The third-order valence-electron chi connectivity index (χ3n) is 1.28. The van der Waals surface area contributed by atoms with Gasteiger partial charge in [0.2, 0.25) is 5.91 Å².